The van der Waals surface area contributed by atoms with Crippen molar-refractivity contribution in [2.24, 2.45) is 0 Å². The topological polar surface area (TPSA) is 71.1 Å². The SMILES string of the molecule is CC(C)(C)OC(=O)NC[C@@H](O)[C@]1(C)CO1. The monoisotopic (exact) mass is 217 g/mol. The number of nitrogens with one attached hydrogen (secondary N) is 1. The summed E-state index contributed by atoms with van der Waals surface area (Å²) in [5, 5.41) is 12.1. The molecule has 0 bridgehead atoms. The Hall–Kier alpha value is -0.810. The van der Waals surface area contributed by atoms with E-state index in [4.69, 9.17) is 9.47 Å². The van der Waals surface area contributed by atoms with E-state index >= 15 is 0 Å². The van der Waals surface area contributed by atoms with Gasteiger partial charge in [-0.15, -0.1) is 0 Å². The number of amides is 1. The van der Waals surface area contributed by atoms with Crippen LogP contribution in [0.4, 0.5) is 4.79 Å². The molecule has 0 aromatic carbocycles. The van der Waals surface area contributed by atoms with E-state index in [9.17, 15) is 9.90 Å². The molecule has 1 fully saturated rings. The van der Waals surface area contributed by atoms with E-state index < -0.39 is 23.4 Å². The van der Waals surface area contributed by atoms with Crippen molar-refractivity contribution in [3.05, 3.63) is 0 Å². The van der Waals surface area contributed by atoms with Gasteiger partial charge in [-0.1, -0.05) is 0 Å². The molecule has 2 N–H and O–H groups in total. The number of alkyl carbamates (subject to hydrolysis) is 1. The lowest BCUT2D eigenvalue weighted by atomic mass is 10.1. The first-order valence-electron chi connectivity index (χ1n) is 5.02. The average molecular weight is 217 g/mol. The quantitative estimate of drug-likeness (QED) is 0.681. The minimum Gasteiger partial charge on any atom is -0.444 e. The number of rotatable bonds is 3. The third kappa shape index (κ3) is 4.05. The van der Waals surface area contributed by atoms with Crippen LogP contribution >= 0.6 is 0 Å². The van der Waals surface area contributed by atoms with Gasteiger partial charge in [0.05, 0.1) is 6.61 Å². The Balaban J connectivity index is 2.22. The Bertz CT molecular complexity index is 242. The third-order valence-corrected chi connectivity index (χ3v) is 2.14. The van der Waals surface area contributed by atoms with E-state index in [1.54, 1.807) is 27.7 Å². The molecule has 2 atom stereocenters. The Kier molecular flexibility index (Phi) is 3.25. The number of aliphatic hydroxyl groups is 1. The maximum absolute atomic E-state index is 11.2. The van der Waals surface area contributed by atoms with E-state index in [2.05, 4.69) is 5.32 Å². The Morgan fingerprint density at radius 1 is 1.67 bits per heavy atom. The molecule has 5 nitrogen and oxygen atoms in total. The van der Waals surface area contributed by atoms with Crippen molar-refractivity contribution in [1.82, 2.24) is 5.32 Å². The van der Waals surface area contributed by atoms with Crippen LogP contribution in [-0.2, 0) is 9.47 Å². The molecule has 0 aromatic rings. The van der Waals surface area contributed by atoms with Crippen molar-refractivity contribution in [1.29, 1.82) is 0 Å². The van der Waals surface area contributed by atoms with Gasteiger partial charge in [-0.25, -0.2) is 4.79 Å². The van der Waals surface area contributed by atoms with Crippen LogP contribution in [0.25, 0.3) is 0 Å². The fourth-order valence-electron chi connectivity index (χ4n) is 1.02. The molecule has 0 aliphatic carbocycles. The maximum Gasteiger partial charge on any atom is 0.407 e. The summed E-state index contributed by atoms with van der Waals surface area (Å²) >= 11 is 0. The first-order valence-corrected chi connectivity index (χ1v) is 5.02. The van der Waals surface area contributed by atoms with E-state index in [1.807, 2.05) is 0 Å². The molecular weight excluding hydrogens is 198 g/mol. The highest BCUT2D eigenvalue weighted by molar-refractivity contribution is 5.67. The highest BCUT2D eigenvalue weighted by Gasteiger charge is 2.46. The van der Waals surface area contributed by atoms with Gasteiger partial charge in [-0.2, -0.15) is 0 Å². The lowest BCUT2D eigenvalue weighted by Crippen LogP contribution is -2.41. The van der Waals surface area contributed by atoms with Crippen LogP contribution < -0.4 is 5.32 Å². The minimum absolute atomic E-state index is 0.144. The first kappa shape index (κ1) is 12.3. The second-order valence-electron chi connectivity index (χ2n) is 5.00. The number of ether oxygens (including phenoxy) is 2. The van der Waals surface area contributed by atoms with Crippen LogP contribution in [0.5, 0.6) is 0 Å². The number of epoxide rings is 1. The van der Waals surface area contributed by atoms with Gasteiger partial charge in [0.1, 0.15) is 17.3 Å². The van der Waals surface area contributed by atoms with Gasteiger partial charge in [0.15, 0.2) is 0 Å². The summed E-state index contributed by atoms with van der Waals surface area (Å²) in [4.78, 5) is 11.2. The molecule has 1 amide bonds. The molecule has 0 saturated carbocycles. The predicted molar refractivity (Wildman–Crippen MR) is 54.6 cm³/mol. The number of aliphatic hydroxyl groups excluding tert-OH is 1. The van der Waals surface area contributed by atoms with Crippen molar-refractivity contribution in [2.45, 2.75) is 45.0 Å². The van der Waals surface area contributed by atoms with E-state index in [1.165, 1.54) is 0 Å². The molecule has 88 valence electrons. The average Bonchev–Trinajstić information content (AvgIpc) is 2.77. The van der Waals surface area contributed by atoms with Crippen LogP contribution in [0.2, 0.25) is 0 Å². The number of carbonyl (C=O) groups is 1. The molecule has 0 spiro atoms. The number of hydrogen-bond acceptors (Lipinski definition) is 4. The van der Waals surface area contributed by atoms with Crippen molar-refractivity contribution in [3.8, 4) is 0 Å². The lowest BCUT2D eigenvalue weighted by molar-refractivity contribution is 0.0430. The second kappa shape index (κ2) is 3.98. The molecule has 0 aromatic heterocycles. The number of carbonyl (C=O) groups excluding carboxylic acids is 1. The molecule has 1 heterocycles. The van der Waals surface area contributed by atoms with Crippen molar-refractivity contribution >= 4 is 6.09 Å². The first-order chi connectivity index (χ1) is 6.73. The summed E-state index contributed by atoms with van der Waals surface area (Å²) in [6, 6.07) is 0. The normalized spacial score (nSPS) is 27.0. The van der Waals surface area contributed by atoms with Gasteiger partial charge in [0, 0.05) is 6.54 Å². The van der Waals surface area contributed by atoms with Gasteiger partial charge in [-0.05, 0) is 27.7 Å². The Labute approximate surface area is 89.8 Å². The third-order valence-electron chi connectivity index (χ3n) is 2.14. The molecule has 1 aliphatic rings. The van der Waals surface area contributed by atoms with Gasteiger partial charge < -0.3 is 19.9 Å². The van der Waals surface area contributed by atoms with Gasteiger partial charge in [-0.3, -0.25) is 0 Å². The minimum atomic E-state index is -0.690. The fraction of sp³-hybridized carbons (Fsp3) is 0.900. The summed E-state index contributed by atoms with van der Waals surface area (Å²) in [5.41, 5.74) is -1.01. The molecule has 1 aliphatic heterocycles. The van der Waals surface area contributed by atoms with E-state index in [0.29, 0.717) is 6.61 Å². The van der Waals surface area contributed by atoms with E-state index in [-0.39, 0.29) is 6.54 Å². The Morgan fingerprint density at radius 3 is 2.60 bits per heavy atom. The smallest absolute Gasteiger partial charge is 0.407 e. The van der Waals surface area contributed by atoms with Crippen LogP contribution in [-0.4, -0.2) is 41.7 Å². The van der Waals surface area contributed by atoms with Crippen LogP contribution in [0, 0.1) is 0 Å². The lowest BCUT2D eigenvalue weighted by Gasteiger charge is -2.21. The molecule has 0 unspecified atom stereocenters. The van der Waals surface area contributed by atoms with Crippen molar-refractivity contribution in [3.63, 3.8) is 0 Å². The highest BCUT2D eigenvalue weighted by atomic mass is 16.6. The Morgan fingerprint density at radius 2 is 2.20 bits per heavy atom. The predicted octanol–water partition coefficient (Wildman–Crippen LogP) is 0.661. The molecule has 15 heavy (non-hydrogen) atoms. The van der Waals surface area contributed by atoms with Crippen molar-refractivity contribution < 1.29 is 19.4 Å². The number of hydrogen-bond donors (Lipinski definition) is 2. The summed E-state index contributed by atoms with van der Waals surface area (Å²) in [7, 11) is 0. The zero-order valence-corrected chi connectivity index (χ0v) is 9.66. The standard InChI is InChI=1S/C10H19NO4/c1-9(2,3)15-8(13)11-5-7(12)10(4)6-14-10/h7,12H,5-6H2,1-4H3,(H,11,13)/t7-,10+/m1/s1. The van der Waals surface area contributed by atoms with Gasteiger partial charge >= 0.3 is 6.09 Å². The summed E-state index contributed by atoms with van der Waals surface area (Å²) in [6.45, 7) is 7.83. The maximum atomic E-state index is 11.2. The fourth-order valence-corrected chi connectivity index (χ4v) is 1.02. The molecule has 5 heteroatoms. The van der Waals surface area contributed by atoms with Gasteiger partial charge in [0.2, 0.25) is 0 Å². The van der Waals surface area contributed by atoms with E-state index in [0.717, 1.165) is 0 Å². The summed E-state index contributed by atoms with van der Waals surface area (Å²) in [5.74, 6) is 0. The molecule has 0 radical (unpaired) electrons. The molecule has 1 rings (SSSR count). The second-order valence-corrected chi connectivity index (χ2v) is 5.00. The zero-order chi connectivity index (χ0) is 11.7. The van der Waals surface area contributed by atoms with Crippen LogP contribution in [0.3, 0.4) is 0 Å². The molecule has 1 saturated heterocycles. The molecular formula is C10H19NO4. The summed E-state index contributed by atoms with van der Waals surface area (Å²) in [6.07, 6.45) is -1.21. The largest absolute Gasteiger partial charge is 0.444 e. The van der Waals surface area contributed by atoms with Crippen LogP contribution in [0.15, 0.2) is 0 Å². The van der Waals surface area contributed by atoms with Crippen molar-refractivity contribution in [2.75, 3.05) is 13.2 Å². The summed E-state index contributed by atoms with van der Waals surface area (Å²) < 4.78 is 10.1. The zero-order valence-electron chi connectivity index (χ0n) is 9.66. The van der Waals surface area contributed by atoms with Gasteiger partial charge in [0.25, 0.3) is 0 Å². The highest BCUT2D eigenvalue weighted by Crippen LogP contribution is 2.29. The van der Waals surface area contributed by atoms with Crippen LogP contribution in [0.1, 0.15) is 27.7 Å².